The quantitative estimate of drug-likeness (QED) is 0.402. The molecule has 1 amide bonds. The number of aromatic amines is 1. The zero-order valence-electron chi connectivity index (χ0n) is 16.6. The van der Waals surface area contributed by atoms with Crippen molar-refractivity contribution < 1.29 is 4.79 Å². The lowest BCUT2D eigenvalue weighted by molar-refractivity contribution is 0.0950. The standard InChI is InChI=1S/C20H19N9O2/c1-29-17(27-28-18(29)15-5-6-21-12-26-15)11-24-14-4-2-3-13(9-14)19(30)25-10-16-20(31)23-8-7-22-16/h2-9,12,24H,10-11H2,1H3,(H,23,31)(H,25,30). The number of amides is 1. The molecular weight excluding hydrogens is 398 g/mol. The van der Waals surface area contributed by atoms with Crippen molar-refractivity contribution in [3.63, 3.8) is 0 Å². The van der Waals surface area contributed by atoms with Crippen molar-refractivity contribution in [1.29, 1.82) is 0 Å². The van der Waals surface area contributed by atoms with Crippen LogP contribution in [0, 0.1) is 0 Å². The Morgan fingerprint density at radius 2 is 2.03 bits per heavy atom. The summed E-state index contributed by atoms with van der Waals surface area (Å²) < 4.78 is 1.84. The van der Waals surface area contributed by atoms with Gasteiger partial charge in [-0.05, 0) is 24.3 Å². The number of aromatic nitrogens is 7. The molecule has 0 bridgehead atoms. The molecule has 0 saturated heterocycles. The predicted molar refractivity (Wildman–Crippen MR) is 112 cm³/mol. The van der Waals surface area contributed by atoms with E-state index in [-0.39, 0.29) is 23.7 Å². The van der Waals surface area contributed by atoms with Crippen LogP contribution in [0.2, 0.25) is 0 Å². The number of carbonyl (C=O) groups excluding carboxylic acids is 1. The monoisotopic (exact) mass is 417 g/mol. The van der Waals surface area contributed by atoms with Gasteiger partial charge in [0.2, 0.25) is 0 Å². The number of benzene rings is 1. The summed E-state index contributed by atoms with van der Waals surface area (Å²) in [7, 11) is 1.86. The first kappa shape index (κ1) is 19.9. The fourth-order valence-electron chi connectivity index (χ4n) is 2.89. The van der Waals surface area contributed by atoms with Crippen LogP contribution in [0.1, 0.15) is 21.9 Å². The molecule has 31 heavy (non-hydrogen) atoms. The highest BCUT2D eigenvalue weighted by molar-refractivity contribution is 5.95. The fourth-order valence-corrected chi connectivity index (χ4v) is 2.89. The van der Waals surface area contributed by atoms with Gasteiger partial charge in [-0.2, -0.15) is 0 Å². The van der Waals surface area contributed by atoms with E-state index in [1.54, 1.807) is 30.5 Å². The van der Waals surface area contributed by atoms with Gasteiger partial charge in [0.15, 0.2) is 11.6 Å². The third kappa shape index (κ3) is 4.61. The topological polar surface area (TPSA) is 143 Å². The Hall–Kier alpha value is -4.41. The molecule has 0 aliphatic heterocycles. The summed E-state index contributed by atoms with van der Waals surface area (Å²) in [6.45, 7) is 0.445. The van der Waals surface area contributed by atoms with Crippen molar-refractivity contribution >= 4 is 11.6 Å². The Kier molecular flexibility index (Phi) is 5.74. The minimum absolute atomic E-state index is 0.0391. The summed E-state index contributed by atoms with van der Waals surface area (Å²) in [6.07, 6.45) is 6.02. The molecule has 1 aromatic carbocycles. The largest absolute Gasteiger partial charge is 0.378 e. The van der Waals surface area contributed by atoms with Gasteiger partial charge >= 0.3 is 0 Å². The third-order valence-electron chi connectivity index (χ3n) is 4.55. The third-order valence-corrected chi connectivity index (χ3v) is 4.55. The van der Waals surface area contributed by atoms with E-state index >= 15 is 0 Å². The van der Waals surface area contributed by atoms with Crippen molar-refractivity contribution in [2.24, 2.45) is 7.05 Å². The van der Waals surface area contributed by atoms with Crippen LogP contribution in [0.15, 0.2) is 60.0 Å². The summed E-state index contributed by atoms with van der Waals surface area (Å²) in [4.78, 5) is 38.7. The van der Waals surface area contributed by atoms with Crippen LogP contribution in [0.3, 0.4) is 0 Å². The molecule has 0 spiro atoms. The van der Waals surface area contributed by atoms with Gasteiger partial charge in [0.1, 0.15) is 17.7 Å². The Labute approximate surface area is 176 Å². The maximum Gasteiger partial charge on any atom is 0.271 e. The first-order valence-corrected chi connectivity index (χ1v) is 9.41. The van der Waals surface area contributed by atoms with Gasteiger partial charge in [0, 0.05) is 36.9 Å². The molecule has 4 rings (SSSR count). The number of nitrogens with one attached hydrogen (secondary N) is 3. The highest BCUT2D eigenvalue weighted by Gasteiger charge is 2.12. The predicted octanol–water partition coefficient (Wildman–Crippen LogP) is 0.897. The molecule has 0 unspecified atom stereocenters. The fraction of sp³-hybridized carbons (Fsp3) is 0.150. The second-order valence-corrected chi connectivity index (χ2v) is 6.58. The van der Waals surface area contributed by atoms with Gasteiger partial charge in [0.05, 0.1) is 13.1 Å². The highest BCUT2D eigenvalue weighted by Crippen LogP contribution is 2.15. The normalized spacial score (nSPS) is 10.6. The van der Waals surface area contributed by atoms with Crippen LogP contribution in [0.5, 0.6) is 0 Å². The Morgan fingerprint density at radius 3 is 2.84 bits per heavy atom. The molecule has 0 aliphatic carbocycles. The summed E-state index contributed by atoms with van der Waals surface area (Å²) in [5, 5.41) is 14.3. The molecule has 0 aliphatic rings. The molecule has 11 nitrogen and oxygen atoms in total. The van der Waals surface area contributed by atoms with Crippen LogP contribution < -0.4 is 16.2 Å². The molecule has 3 N–H and O–H groups in total. The summed E-state index contributed by atoms with van der Waals surface area (Å²) in [5.41, 5.74) is 1.80. The van der Waals surface area contributed by atoms with Crippen LogP contribution in [-0.2, 0) is 20.1 Å². The zero-order chi connectivity index (χ0) is 21.6. The van der Waals surface area contributed by atoms with E-state index in [0.717, 1.165) is 5.69 Å². The molecule has 156 valence electrons. The minimum atomic E-state index is -0.330. The van der Waals surface area contributed by atoms with E-state index in [9.17, 15) is 9.59 Å². The van der Waals surface area contributed by atoms with E-state index in [4.69, 9.17) is 0 Å². The van der Waals surface area contributed by atoms with Crippen molar-refractivity contribution in [2.45, 2.75) is 13.1 Å². The number of anilines is 1. The average Bonchev–Trinajstić information content (AvgIpc) is 3.18. The molecule has 3 aromatic heterocycles. The van der Waals surface area contributed by atoms with E-state index in [0.29, 0.717) is 29.5 Å². The number of hydrogen-bond donors (Lipinski definition) is 3. The Morgan fingerprint density at radius 1 is 1.13 bits per heavy atom. The summed E-state index contributed by atoms with van der Waals surface area (Å²) in [6, 6.07) is 8.80. The minimum Gasteiger partial charge on any atom is -0.378 e. The van der Waals surface area contributed by atoms with Gasteiger partial charge in [-0.25, -0.2) is 9.97 Å². The van der Waals surface area contributed by atoms with Gasteiger partial charge in [-0.1, -0.05) is 6.07 Å². The molecule has 4 aromatic rings. The maximum atomic E-state index is 12.5. The lowest BCUT2D eigenvalue weighted by Gasteiger charge is -2.09. The molecular formula is C20H19N9O2. The van der Waals surface area contributed by atoms with Crippen LogP contribution in [-0.4, -0.2) is 40.6 Å². The smallest absolute Gasteiger partial charge is 0.271 e. The Bertz CT molecular complexity index is 1250. The second-order valence-electron chi connectivity index (χ2n) is 6.58. The van der Waals surface area contributed by atoms with E-state index < -0.39 is 0 Å². The maximum absolute atomic E-state index is 12.5. The van der Waals surface area contributed by atoms with Crippen molar-refractivity contribution in [2.75, 3.05) is 5.32 Å². The molecule has 0 saturated carbocycles. The Balaban J connectivity index is 1.40. The first-order valence-electron chi connectivity index (χ1n) is 9.41. The van der Waals surface area contributed by atoms with Crippen LogP contribution >= 0.6 is 0 Å². The number of H-pyrrole nitrogens is 1. The van der Waals surface area contributed by atoms with Crippen LogP contribution in [0.25, 0.3) is 11.5 Å². The molecule has 11 heteroatoms. The van der Waals surface area contributed by atoms with Gasteiger partial charge in [-0.15, -0.1) is 10.2 Å². The summed E-state index contributed by atoms with van der Waals surface area (Å²) in [5.74, 6) is 1.04. The van der Waals surface area contributed by atoms with Gasteiger partial charge < -0.3 is 20.2 Å². The van der Waals surface area contributed by atoms with Crippen molar-refractivity contribution in [3.8, 4) is 11.5 Å². The number of carbonyl (C=O) groups is 1. The SMILES string of the molecule is Cn1c(CNc2cccc(C(=O)NCc3ncc[nH]c3=O)c2)nnc1-c1ccncn1. The molecule has 3 heterocycles. The van der Waals surface area contributed by atoms with Crippen molar-refractivity contribution in [1.82, 2.24) is 40.0 Å². The zero-order valence-corrected chi connectivity index (χ0v) is 16.6. The highest BCUT2D eigenvalue weighted by atomic mass is 16.1. The number of hydrogen-bond acceptors (Lipinski definition) is 8. The second kappa shape index (κ2) is 8.95. The van der Waals surface area contributed by atoms with Gasteiger partial charge in [-0.3, -0.25) is 14.6 Å². The summed E-state index contributed by atoms with van der Waals surface area (Å²) >= 11 is 0. The molecule has 0 radical (unpaired) electrons. The lowest BCUT2D eigenvalue weighted by atomic mass is 10.2. The first-order chi connectivity index (χ1) is 15.1. The van der Waals surface area contributed by atoms with Gasteiger partial charge in [0.25, 0.3) is 11.5 Å². The molecule has 0 fully saturated rings. The number of rotatable bonds is 7. The molecule has 0 atom stereocenters. The average molecular weight is 417 g/mol. The van der Waals surface area contributed by atoms with Crippen molar-refractivity contribution in [3.05, 3.63) is 82.7 Å². The van der Waals surface area contributed by atoms with E-state index in [2.05, 4.69) is 40.8 Å². The van der Waals surface area contributed by atoms with E-state index in [1.807, 2.05) is 17.7 Å². The lowest BCUT2D eigenvalue weighted by Crippen LogP contribution is -2.27. The van der Waals surface area contributed by atoms with Crippen LogP contribution in [0.4, 0.5) is 5.69 Å². The number of nitrogens with zero attached hydrogens (tertiary/aromatic N) is 6. The van der Waals surface area contributed by atoms with E-state index in [1.165, 1.54) is 18.7 Å².